The minimum atomic E-state index is 0. The standard InChI is InChI=1S/C6H4BrO.C5H5.Fe/c7-6-3-1-2-5(6)4-8;1-2-4-5-3-1;/h1-4H;1-5H;/q;;+2. The average Bonchev–Trinajstić information content (AvgIpc) is 2.76. The van der Waals surface area contributed by atoms with Gasteiger partial charge in [0.15, 0.2) is 0 Å². The van der Waals surface area contributed by atoms with Gasteiger partial charge in [-0.1, -0.05) is 15.9 Å². The Hall–Kier alpha value is 0.669. The molecule has 2 saturated carbocycles. The number of hydrogen-bond acceptors (Lipinski definition) is 1. The first kappa shape index (κ1) is 14.7. The summed E-state index contributed by atoms with van der Waals surface area (Å²) in [5.41, 5.74) is 0. The third kappa shape index (κ3) is 5.53. The zero-order valence-corrected chi connectivity index (χ0v) is 10.0. The molecule has 72 valence electrons. The Balaban J connectivity index is 0.000000246. The third-order valence-corrected chi connectivity index (χ3v) is 2.20. The van der Waals surface area contributed by atoms with Crippen LogP contribution in [0.5, 0.6) is 0 Å². The summed E-state index contributed by atoms with van der Waals surface area (Å²) in [6, 6.07) is 0. The van der Waals surface area contributed by atoms with Gasteiger partial charge in [-0.05, 0) is 51.4 Å². The molecule has 0 atom stereocenters. The zero-order valence-electron chi connectivity index (χ0n) is 7.34. The summed E-state index contributed by atoms with van der Waals surface area (Å²) in [6.45, 7) is 0. The molecule has 10 radical (unpaired) electrons. The molecule has 0 aromatic rings. The molecule has 0 aromatic heterocycles. The number of aldehydes is 1. The van der Waals surface area contributed by atoms with Gasteiger partial charge in [-0.2, -0.15) is 0 Å². The molecule has 0 unspecified atom stereocenters. The summed E-state index contributed by atoms with van der Waals surface area (Å²) in [6.07, 6.45) is 16.2. The Morgan fingerprint density at radius 2 is 1.43 bits per heavy atom. The van der Waals surface area contributed by atoms with Gasteiger partial charge in [0.25, 0.3) is 0 Å². The van der Waals surface area contributed by atoms with Crippen molar-refractivity contribution in [1.82, 2.24) is 0 Å². The topological polar surface area (TPSA) is 17.1 Å². The van der Waals surface area contributed by atoms with Gasteiger partial charge in [-0.15, -0.1) is 0 Å². The minimum Gasteiger partial charge on any atom is -0.303 e. The van der Waals surface area contributed by atoms with Gasteiger partial charge < -0.3 is 4.79 Å². The summed E-state index contributed by atoms with van der Waals surface area (Å²) < 4.78 is 0. The van der Waals surface area contributed by atoms with Crippen LogP contribution in [0.4, 0.5) is 0 Å². The maximum absolute atomic E-state index is 10.1. The maximum atomic E-state index is 10.1. The van der Waals surface area contributed by atoms with Gasteiger partial charge in [0, 0.05) is 0 Å². The Morgan fingerprint density at radius 3 is 1.64 bits per heavy atom. The van der Waals surface area contributed by atoms with E-state index in [2.05, 4.69) is 15.9 Å². The van der Waals surface area contributed by atoms with Crippen molar-refractivity contribution in [2.75, 3.05) is 0 Å². The summed E-state index contributed by atoms with van der Waals surface area (Å²) >= 11 is 3.20. The van der Waals surface area contributed by atoms with Gasteiger partial charge in [-0.3, -0.25) is 0 Å². The van der Waals surface area contributed by atoms with Gasteiger partial charge in [0.2, 0.25) is 0 Å². The minimum absolute atomic E-state index is 0. The summed E-state index contributed by atoms with van der Waals surface area (Å²) in [4.78, 5) is 10.9. The van der Waals surface area contributed by atoms with Crippen LogP contribution in [0.1, 0.15) is 0 Å². The van der Waals surface area contributed by atoms with E-state index in [1.807, 2.05) is 44.9 Å². The predicted octanol–water partition coefficient (Wildman–Crippen LogP) is 2.33. The van der Waals surface area contributed by atoms with Crippen LogP contribution in [0, 0.1) is 62.1 Å². The number of halogens is 1. The van der Waals surface area contributed by atoms with Crippen LogP contribution in [0.15, 0.2) is 0 Å². The van der Waals surface area contributed by atoms with Crippen molar-refractivity contribution in [3.63, 3.8) is 0 Å². The van der Waals surface area contributed by atoms with Gasteiger partial charge in [-0.25, -0.2) is 0 Å². The van der Waals surface area contributed by atoms with Crippen LogP contribution >= 0.6 is 15.9 Å². The number of hydrogen-bond donors (Lipinski definition) is 0. The molecule has 2 fully saturated rings. The van der Waals surface area contributed by atoms with E-state index in [9.17, 15) is 4.79 Å². The molecular formula is C11H9BrFeO+2. The quantitative estimate of drug-likeness (QED) is 0.535. The van der Waals surface area contributed by atoms with Crippen LogP contribution in [0.25, 0.3) is 0 Å². The first-order valence-electron chi connectivity index (χ1n) is 3.87. The van der Waals surface area contributed by atoms with E-state index >= 15 is 0 Å². The number of rotatable bonds is 1. The van der Waals surface area contributed by atoms with Crippen molar-refractivity contribution in [1.29, 1.82) is 0 Å². The normalized spacial score (nSPS) is 22.4. The van der Waals surface area contributed by atoms with Gasteiger partial charge in [0.05, 0.1) is 10.7 Å². The van der Waals surface area contributed by atoms with E-state index in [0.717, 1.165) is 11.1 Å². The molecule has 0 N–H and O–H groups in total. The molecule has 0 spiro atoms. The Morgan fingerprint density at radius 1 is 0.929 bits per heavy atom. The van der Waals surface area contributed by atoms with Crippen molar-refractivity contribution in [2.24, 2.45) is 0 Å². The first-order valence-corrected chi connectivity index (χ1v) is 4.67. The Bertz CT molecular complexity index is 141. The van der Waals surface area contributed by atoms with Crippen molar-refractivity contribution < 1.29 is 21.9 Å². The molecule has 1 nitrogen and oxygen atoms in total. The fourth-order valence-corrected chi connectivity index (χ4v) is 1.21. The number of carbonyl (C=O) groups is 1. The van der Waals surface area contributed by atoms with Crippen LogP contribution in [-0.4, -0.2) is 6.29 Å². The van der Waals surface area contributed by atoms with Crippen LogP contribution in [0.2, 0.25) is 0 Å². The summed E-state index contributed by atoms with van der Waals surface area (Å²) in [5.74, 6) is 0.713. The Labute approximate surface area is 106 Å². The molecule has 2 rings (SSSR count). The van der Waals surface area contributed by atoms with E-state index in [-0.39, 0.29) is 17.1 Å². The molecule has 0 saturated heterocycles. The van der Waals surface area contributed by atoms with Crippen molar-refractivity contribution in [3.05, 3.63) is 62.1 Å². The molecule has 0 bridgehead atoms. The molecule has 0 aliphatic heterocycles. The molecule has 14 heavy (non-hydrogen) atoms. The molecule has 2 aliphatic carbocycles. The molecule has 0 amide bonds. The third-order valence-electron chi connectivity index (χ3n) is 1.48. The molecule has 2 aliphatic rings. The Kier molecular flexibility index (Phi) is 9.36. The smallest absolute Gasteiger partial charge is 0.303 e. The average molecular weight is 293 g/mol. The van der Waals surface area contributed by atoms with Crippen molar-refractivity contribution in [3.8, 4) is 0 Å². The van der Waals surface area contributed by atoms with Crippen LogP contribution in [0.3, 0.4) is 0 Å². The van der Waals surface area contributed by atoms with Crippen molar-refractivity contribution >= 4 is 22.2 Å². The largest absolute Gasteiger partial charge is 2.00 e. The van der Waals surface area contributed by atoms with E-state index in [0.29, 0.717) is 5.92 Å². The van der Waals surface area contributed by atoms with Crippen molar-refractivity contribution in [2.45, 2.75) is 0 Å². The molecule has 3 heteroatoms. The molecular weight excluding hydrogens is 284 g/mol. The van der Waals surface area contributed by atoms with Crippen LogP contribution < -0.4 is 0 Å². The second-order valence-electron chi connectivity index (χ2n) is 2.41. The second-order valence-corrected chi connectivity index (χ2v) is 3.26. The zero-order chi connectivity index (χ0) is 9.52. The predicted molar refractivity (Wildman–Crippen MR) is 55.9 cm³/mol. The SMILES string of the molecule is O=C[C]1[CH][CH][CH][C]1Br.[CH]1[CH][CH][CH][CH]1.[Fe+2]. The fourth-order valence-electron chi connectivity index (χ4n) is 0.828. The molecule has 0 heterocycles. The molecule has 0 aromatic carbocycles. The fraction of sp³-hybridized carbons (Fsp3) is 0. The monoisotopic (exact) mass is 292 g/mol. The summed E-state index contributed by atoms with van der Waals surface area (Å²) in [5, 5.41) is 0. The first-order chi connectivity index (χ1) is 6.34. The second kappa shape index (κ2) is 8.94. The van der Waals surface area contributed by atoms with E-state index < -0.39 is 0 Å². The van der Waals surface area contributed by atoms with E-state index in [1.54, 1.807) is 6.42 Å². The van der Waals surface area contributed by atoms with Gasteiger partial charge >= 0.3 is 17.1 Å². The van der Waals surface area contributed by atoms with E-state index in [1.165, 1.54) is 0 Å². The maximum Gasteiger partial charge on any atom is 2.00 e. The van der Waals surface area contributed by atoms with Gasteiger partial charge in [0.1, 0.15) is 6.29 Å². The van der Waals surface area contributed by atoms with Crippen LogP contribution in [-0.2, 0) is 21.9 Å². The summed E-state index contributed by atoms with van der Waals surface area (Å²) in [7, 11) is 0. The number of carbonyl (C=O) groups excluding carboxylic acids is 1. The van der Waals surface area contributed by atoms with E-state index in [4.69, 9.17) is 0 Å².